The van der Waals surface area contributed by atoms with Gasteiger partial charge in [-0.05, 0) is 50.3 Å². The first-order valence-electron chi connectivity index (χ1n) is 9.53. The third-order valence-corrected chi connectivity index (χ3v) is 8.27. The van der Waals surface area contributed by atoms with E-state index in [-0.39, 0.29) is 22.6 Å². The molecule has 7 nitrogen and oxygen atoms in total. The lowest BCUT2D eigenvalue weighted by molar-refractivity contribution is -0.143. The minimum atomic E-state index is -3.86. The third-order valence-electron chi connectivity index (χ3n) is 4.99. The highest BCUT2D eigenvalue weighted by Crippen LogP contribution is 2.31. The van der Waals surface area contributed by atoms with E-state index in [1.54, 1.807) is 29.2 Å². The van der Waals surface area contributed by atoms with Gasteiger partial charge in [-0.1, -0.05) is 17.7 Å². The molecular weight excluding hydrogens is 434 g/mol. The van der Waals surface area contributed by atoms with Crippen molar-refractivity contribution in [1.29, 1.82) is 0 Å². The summed E-state index contributed by atoms with van der Waals surface area (Å²) in [6.07, 6.45) is 1.04. The molecule has 0 bridgehead atoms. The second kappa shape index (κ2) is 8.99. The van der Waals surface area contributed by atoms with Crippen LogP contribution < -0.4 is 4.72 Å². The van der Waals surface area contributed by atoms with Crippen LogP contribution in [0, 0.1) is 0 Å². The van der Waals surface area contributed by atoms with E-state index in [1.165, 1.54) is 4.90 Å². The van der Waals surface area contributed by atoms with Crippen molar-refractivity contribution < 1.29 is 18.0 Å². The minimum absolute atomic E-state index is 0.0277. The highest BCUT2D eigenvalue weighted by molar-refractivity contribution is 7.91. The van der Waals surface area contributed by atoms with E-state index < -0.39 is 16.1 Å². The van der Waals surface area contributed by atoms with Crippen LogP contribution in [0.15, 0.2) is 28.5 Å². The van der Waals surface area contributed by atoms with E-state index in [9.17, 15) is 18.0 Å². The zero-order valence-electron chi connectivity index (χ0n) is 16.4. The standard InChI is InChI=1S/C19H24ClN3O4S2/c1-3-22(4-2)17(24)12-23-9-5-6-15(19(23)25)21-29(26,27)18-10-13-7-8-14(20)11-16(13)28-18/h7-8,10-11,15,21H,3-6,9,12H2,1-2H3/t15-/m0/s1. The van der Waals surface area contributed by atoms with Gasteiger partial charge in [0, 0.05) is 29.4 Å². The largest absolute Gasteiger partial charge is 0.342 e. The van der Waals surface area contributed by atoms with Gasteiger partial charge in [-0.15, -0.1) is 11.3 Å². The van der Waals surface area contributed by atoms with Gasteiger partial charge in [-0.2, -0.15) is 4.72 Å². The number of sulfonamides is 1. The lowest BCUT2D eigenvalue weighted by atomic mass is 10.1. The van der Waals surface area contributed by atoms with Crippen molar-refractivity contribution >= 4 is 54.9 Å². The zero-order chi connectivity index (χ0) is 21.2. The molecule has 1 aliphatic rings. The van der Waals surface area contributed by atoms with Crippen LogP contribution in [0.1, 0.15) is 26.7 Å². The Bertz CT molecular complexity index is 1020. The van der Waals surface area contributed by atoms with E-state index in [2.05, 4.69) is 4.72 Å². The molecule has 0 unspecified atom stereocenters. The molecule has 0 radical (unpaired) electrons. The number of hydrogen-bond acceptors (Lipinski definition) is 5. The molecule has 10 heteroatoms. The first-order valence-corrected chi connectivity index (χ1v) is 12.2. The van der Waals surface area contributed by atoms with Crippen LogP contribution in [0.5, 0.6) is 0 Å². The van der Waals surface area contributed by atoms with Gasteiger partial charge in [-0.3, -0.25) is 9.59 Å². The number of rotatable bonds is 7. The predicted molar refractivity (Wildman–Crippen MR) is 115 cm³/mol. The van der Waals surface area contributed by atoms with Crippen LogP contribution in [0.3, 0.4) is 0 Å². The summed E-state index contributed by atoms with van der Waals surface area (Å²) in [7, 11) is -3.86. The Hall–Kier alpha value is -1.68. The predicted octanol–water partition coefficient (Wildman–Crippen LogP) is 2.69. The molecule has 3 rings (SSSR count). The number of likely N-dealkylation sites (N-methyl/N-ethyl adjacent to an activating group) is 1. The molecule has 0 spiro atoms. The van der Waals surface area contributed by atoms with Gasteiger partial charge in [0.2, 0.25) is 11.8 Å². The molecule has 2 amide bonds. The van der Waals surface area contributed by atoms with Gasteiger partial charge >= 0.3 is 0 Å². The molecule has 0 aliphatic carbocycles. The molecule has 1 aliphatic heterocycles. The maximum atomic E-state index is 12.9. The SMILES string of the molecule is CCN(CC)C(=O)CN1CCC[C@H](NS(=O)(=O)c2cc3ccc(Cl)cc3s2)C1=O. The normalized spacial score (nSPS) is 17.7. The number of nitrogens with zero attached hydrogens (tertiary/aromatic N) is 2. The maximum Gasteiger partial charge on any atom is 0.250 e. The zero-order valence-corrected chi connectivity index (χ0v) is 18.7. The van der Waals surface area contributed by atoms with Crippen LogP contribution >= 0.6 is 22.9 Å². The van der Waals surface area contributed by atoms with E-state index in [1.807, 2.05) is 13.8 Å². The molecule has 1 saturated heterocycles. The van der Waals surface area contributed by atoms with Gasteiger partial charge in [-0.25, -0.2) is 8.42 Å². The van der Waals surface area contributed by atoms with Crippen LogP contribution in [0.2, 0.25) is 5.02 Å². The van der Waals surface area contributed by atoms with Gasteiger partial charge in [0.05, 0.1) is 6.54 Å². The first-order chi connectivity index (χ1) is 13.7. The number of amides is 2. The van der Waals surface area contributed by atoms with Gasteiger partial charge in [0.25, 0.3) is 10.0 Å². The summed E-state index contributed by atoms with van der Waals surface area (Å²) in [6.45, 7) is 5.33. The minimum Gasteiger partial charge on any atom is -0.342 e. The number of hydrogen-bond donors (Lipinski definition) is 1. The molecule has 158 valence electrons. The summed E-state index contributed by atoms with van der Waals surface area (Å²) in [5.74, 6) is -0.488. The number of benzene rings is 1. The summed E-state index contributed by atoms with van der Waals surface area (Å²) >= 11 is 7.09. The highest BCUT2D eigenvalue weighted by atomic mass is 35.5. The number of thiophene rings is 1. The lowest BCUT2D eigenvalue weighted by Crippen LogP contribution is -2.54. The molecule has 0 saturated carbocycles. The summed E-state index contributed by atoms with van der Waals surface area (Å²) in [6, 6.07) is 5.89. The van der Waals surface area contributed by atoms with Gasteiger partial charge < -0.3 is 9.80 Å². The molecule has 1 fully saturated rings. The monoisotopic (exact) mass is 457 g/mol. The molecule has 1 N–H and O–H groups in total. The molecule has 1 aromatic carbocycles. The van der Waals surface area contributed by atoms with Crippen molar-refractivity contribution in [3.63, 3.8) is 0 Å². The average molecular weight is 458 g/mol. The smallest absolute Gasteiger partial charge is 0.250 e. The number of piperidine rings is 1. The van der Waals surface area contributed by atoms with E-state index >= 15 is 0 Å². The maximum absolute atomic E-state index is 12.9. The van der Waals surface area contributed by atoms with Crippen LogP contribution in [-0.2, 0) is 19.6 Å². The van der Waals surface area contributed by atoms with Crippen molar-refractivity contribution in [2.75, 3.05) is 26.2 Å². The van der Waals surface area contributed by atoms with Crippen LogP contribution in [-0.4, -0.2) is 62.3 Å². The lowest BCUT2D eigenvalue weighted by Gasteiger charge is -2.33. The Morgan fingerprint density at radius 1 is 1.31 bits per heavy atom. The van der Waals surface area contributed by atoms with Gasteiger partial charge in [0.1, 0.15) is 10.3 Å². The molecule has 2 heterocycles. The number of halogens is 1. The Morgan fingerprint density at radius 3 is 2.72 bits per heavy atom. The topological polar surface area (TPSA) is 86.8 Å². The summed E-state index contributed by atoms with van der Waals surface area (Å²) < 4.78 is 29.1. The quantitative estimate of drug-likeness (QED) is 0.692. The van der Waals surface area contributed by atoms with Crippen molar-refractivity contribution in [3.05, 3.63) is 29.3 Å². The average Bonchev–Trinajstić information content (AvgIpc) is 3.10. The number of carbonyl (C=O) groups is 2. The van der Waals surface area contributed by atoms with Crippen molar-refractivity contribution in [3.8, 4) is 0 Å². The number of nitrogens with one attached hydrogen (secondary N) is 1. The Kier molecular flexibility index (Phi) is 6.83. The third kappa shape index (κ3) is 4.91. The van der Waals surface area contributed by atoms with E-state index in [0.29, 0.717) is 37.5 Å². The van der Waals surface area contributed by atoms with Crippen molar-refractivity contribution in [2.45, 2.75) is 36.9 Å². The first kappa shape index (κ1) is 22.0. The molecule has 29 heavy (non-hydrogen) atoms. The van der Waals surface area contributed by atoms with Crippen LogP contribution in [0.4, 0.5) is 0 Å². The second-order valence-electron chi connectivity index (χ2n) is 6.89. The fourth-order valence-electron chi connectivity index (χ4n) is 3.40. The Balaban J connectivity index is 1.74. The Morgan fingerprint density at radius 2 is 2.03 bits per heavy atom. The Labute approximate surface area is 179 Å². The summed E-state index contributed by atoms with van der Waals surface area (Å²) in [5, 5.41) is 1.31. The van der Waals surface area contributed by atoms with E-state index in [0.717, 1.165) is 21.4 Å². The highest BCUT2D eigenvalue weighted by Gasteiger charge is 2.34. The second-order valence-corrected chi connectivity index (χ2v) is 10.4. The van der Waals surface area contributed by atoms with Gasteiger partial charge in [0.15, 0.2) is 0 Å². The fourth-order valence-corrected chi connectivity index (χ4v) is 6.32. The molecule has 1 atom stereocenters. The molecule has 1 aromatic heterocycles. The van der Waals surface area contributed by atoms with E-state index in [4.69, 9.17) is 11.6 Å². The van der Waals surface area contributed by atoms with Crippen molar-refractivity contribution in [2.24, 2.45) is 0 Å². The fraction of sp³-hybridized carbons (Fsp3) is 0.474. The summed E-state index contributed by atoms with van der Waals surface area (Å²) in [4.78, 5) is 28.2. The summed E-state index contributed by atoms with van der Waals surface area (Å²) in [5.41, 5.74) is 0. The number of carbonyl (C=O) groups excluding carboxylic acids is 2. The van der Waals surface area contributed by atoms with Crippen LogP contribution in [0.25, 0.3) is 10.1 Å². The molecule has 2 aromatic rings. The van der Waals surface area contributed by atoms with Crippen molar-refractivity contribution in [1.82, 2.24) is 14.5 Å². The molecular formula is C19H24ClN3O4S2. The number of likely N-dealkylation sites (tertiary alicyclic amines) is 1. The number of fused-ring (bicyclic) bond motifs is 1.